The third-order valence-electron chi connectivity index (χ3n) is 15.6. The zero-order valence-electron chi connectivity index (χ0n) is 33.5. The van der Waals surface area contributed by atoms with Crippen LogP contribution in [0.3, 0.4) is 0 Å². The summed E-state index contributed by atoms with van der Waals surface area (Å²) in [4.78, 5) is 0. The maximum Gasteiger partial charge on any atom is 0.186 e. The van der Waals surface area contributed by atoms with Crippen molar-refractivity contribution in [1.29, 1.82) is 0 Å². The second-order valence-electron chi connectivity index (χ2n) is 18.7. The molecule has 1 heterocycles. The van der Waals surface area contributed by atoms with Gasteiger partial charge in [0.15, 0.2) is 6.29 Å². The van der Waals surface area contributed by atoms with Crippen molar-refractivity contribution in [2.45, 2.75) is 204 Å². The zero-order valence-corrected chi connectivity index (χ0v) is 33.5. The predicted molar refractivity (Wildman–Crippen MR) is 208 cm³/mol. The van der Waals surface area contributed by atoms with Crippen LogP contribution in [-0.4, -0.2) is 86.8 Å². The monoisotopic (exact) mass is 765 g/mol. The lowest BCUT2D eigenvalue weighted by Gasteiger charge is -3.08. The first-order chi connectivity index (χ1) is 26.3. The van der Waals surface area contributed by atoms with E-state index in [0.29, 0.717) is 12.8 Å². The van der Waals surface area contributed by atoms with Crippen LogP contribution >= 0.6 is 0 Å². The second kappa shape index (κ2) is 20.4. The zero-order chi connectivity index (χ0) is 38.2. The summed E-state index contributed by atoms with van der Waals surface area (Å²) in [6.45, 7) is 1.37. The molecule has 5 unspecified atom stereocenters. The molecule has 8 nitrogen and oxygen atoms in total. The topological polar surface area (TPSA) is 140 Å². The van der Waals surface area contributed by atoms with Gasteiger partial charge in [-0.15, -0.1) is 0 Å². The number of rotatable bonds is 32. The van der Waals surface area contributed by atoms with E-state index in [1.165, 1.54) is 150 Å². The lowest BCUT2D eigenvalue weighted by molar-refractivity contribution is -0.616. The number of unbranched alkanes of at least 4 members (excludes halogenated alkanes) is 19. The maximum absolute atomic E-state index is 15.3. The van der Waals surface area contributed by atoms with Crippen molar-refractivity contribution >= 4 is 0 Å². The SMILES string of the molecule is CCCCCCCCCCCCCC[C@@H](O)[C@@H](O)[C@@H](/C=C(/F)CCCCCCCCCCCC12C3C4C5C3C1C5C42)COC1OC(CO)C(O)C(O)C1O. The smallest absolute Gasteiger partial charge is 0.186 e. The first-order valence-electron chi connectivity index (χ1n) is 22.9. The molecule has 9 heteroatoms. The highest BCUT2D eigenvalue weighted by atomic mass is 19.1. The number of aliphatic hydroxyl groups excluding tert-OH is 6. The van der Waals surface area contributed by atoms with Crippen molar-refractivity contribution in [2.75, 3.05) is 13.2 Å². The summed E-state index contributed by atoms with van der Waals surface area (Å²) in [5.74, 6) is 7.09. The molecule has 312 valence electrons. The molecule has 0 radical (unpaired) electrons. The van der Waals surface area contributed by atoms with Crippen LogP contribution in [-0.2, 0) is 9.47 Å². The Kier molecular flexibility index (Phi) is 16.2. The van der Waals surface area contributed by atoms with E-state index in [0.717, 1.165) is 37.5 Å². The van der Waals surface area contributed by atoms with E-state index in [1.54, 1.807) is 0 Å². The van der Waals surface area contributed by atoms with Gasteiger partial charge in [0.2, 0.25) is 0 Å². The number of ether oxygens (including phenoxy) is 2. The van der Waals surface area contributed by atoms with Gasteiger partial charge < -0.3 is 40.1 Å². The fourth-order valence-electron chi connectivity index (χ4n) is 12.8. The first-order valence-corrected chi connectivity index (χ1v) is 22.9. The predicted octanol–water partition coefficient (Wildman–Crippen LogP) is 7.74. The first kappa shape index (κ1) is 42.9. The van der Waals surface area contributed by atoms with Gasteiger partial charge in [-0.25, -0.2) is 4.39 Å². The molecule has 0 spiro atoms. The van der Waals surface area contributed by atoms with Crippen molar-refractivity contribution in [1.82, 2.24) is 0 Å². The Bertz CT molecular complexity index is 1100. The summed E-state index contributed by atoms with van der Waals surface area (Å²) in [5.41, 5.74) is 0.875. The van der Waals surface area contributed by atoms with Gasteiger partial charge in [0.1, 0.15) is 24.4 Å². The highest BCUT2D eigenvalue weighted by molar-refractivity contribution is 5.49. The molecule has 0 aromatic carbocycles. The molecular formula is C45H77FO8. The third kappa shape index (κ3) is 8.84. The molecule has 1 aliphatic heterocycles. The van der Waals surface area contributed by atoms with Gasteiger partial charge in [-0.1, -0.05) is 135 Å². The molecule has 8 atom stereocenters. The van der Waals surface area contributed by atoms with E-state index in [2.05, 4.69) is 6.92 Å². The Balaban J connectivity index is 0.838. The molecule has 54 heavy (non-hydrogen) atoms. The van der Waals surface area contributed by atoms with Crippen molar-refractivity contribution in [2.24, 2.45) is 52.8 Å². The molecule has 6 saturated carbocycles. The van der Waals surface area contributed by atoms with E-state index in [1.807, 2.05) is 0 Å². The fourth-order valence-corrected chi connectivity index (χ4v) is 12.8. The van der Waals surface area contributed by atoms with Gasteiger partial charge in [0, 0.05) is 5.92 Å². The highest BCUT2D eigenvalue weighted by Gasteiger charge is 3.03. The summed E-state index contributed by atoms with van der Waals surface area (Å²) in [6, 6.07) is 0. The van der Waals surface area contributed by atoms with Gasteiger partial charge in [0.25, 0.3) is 0 Å². The van der Waals surface area contributed by atoms with E-state index in [-0.39, 0.29) is 18.9 Å². The summed E-state index contributed by atoms with van der Waals surface area (Å²) >= 11 is 0. The molecule has 7 aliphatic rings. The van der Waals surface area contributed by atoms with E-state index in [9.17, 15) is 30.6 Å². The molecule has 0 aromatic heterocycles. The average Bonchev–Trinajstić information content (AvgIpc) is 3.18. The summed E-state index contributed by atoms with van der Waals surface area (Å²) < 4.78 is 26.4. The lowest BCUT2D eigenvalue weighted by Crippen LogP contribution is -3.05. The van der Waals surface area contributed by atoms with E-state index in [4.69, 9.17) is 9.47 Å². The summed E-state index contributed by atoms with van der Waals surface area (Å²) in [5, 5.41) is 62.3. The minimum atomic E-state index is -1.60. The molecule has 1 saturated heterocycles. The molecule has 0 amide bonds. The number of aliphatic hydroxyl groups is 6. The second-order valence-corrected chi connectivity index (χ2v) is 18.7. The summed E-state index contributed by atoms with van der Waals surface area (Å²) in [6.07, 6.45) is 18.8. The Morgan fingerprint density at radius 2 is 1.17 bits per heavy atom. The Morgan fingerprint density at radius 1 is 0.667 bits per heavy atom. The van der Waals surface area contributed by atoms with Crippen LogP contribution in [0.5, 0.6) is 0 Å². The maximum atomic E-state index is 15.3. The van der Waals surface area contributed by atoms with Gasteiger partial charge in [-0.2, -0.15) is 0 Å². The normalized spacial score (nSPS) is 38.4. The van der Waals surface area contributed by atoms with Crippen LogP contribution in [0.4, 0.5) is 4.39 Å². The molecule has 0 bridgehead atoms. The van der Waals surface area contributed by atoms with E-state index < -0.39 is 55.4 Å². The molecule has 6 N–H and O–H groups in total. The van der Waals surface area contributed by atoms with Gasteiger partial charge in [0.05, 0.1) is 31.2 Å². The van der Waals surface area contributed by atoms with Crippen molar-refractivity contribution in [3.63, 3.8) is 0 Å². The van der Waals surface area contributed by atoms with Crippen LogP contribution in [0.25, 0.3) is 0 Å². The van der Waals surface area contributed by atoms with Crippen LogP contribution in [0, 0.1) is 52.8 Å². The van der Waals surface area contributed by atoms with Gasteiger partial charge in [-0.3, -0.25) is 0 Å². The number of hydrogen-bond acceptors (Lipinski definition) is 8. The minimum Gasteiger partial charge on any atom is -0.394 e. The van der Waals surface area contributed by atoms with Gasteiger partial charge in [-0.05, 0) is 78.6 Å². The van der Waals surface area contributed by atoms with Crippen LogP contribution in [0.1, 0.15) is 161 Å². The third-order valence-corrected chi connectivity index (χ3v) is 15.6. The van der Waals surface area contributed by atoms with Crippen LogP contribution in [0.2, 0.25) is 0 Å². The number of hydrogen-bond donors (Lipinski definition) is 6. The van der Waals surface area contributed by atoms with Crippen molar-refractivity contribution < 1.29 is 44.5 Å². The molecule has 7 fully saturated rings. The quantitative estimate of drug-likeness (QED) is 0.0383. The molecule has 7 rings (SSSR count). The highest BCUT2D eigenvalue weighted by Crippen LogP contribution is 3.06. The molecule has 0 aromatic rings. The number of allylic oxidation sites excluding steroid dienone is 1. The Morgan fingerprint density at radius 3 is 1.70 bits per heavy atom. The Hall–Kier alpha value is -0.650. The summed E-state index contributed by atoms with van der Waals surface area (Å²) in [7, 11) is 0. The van der Waals surface area contributed by atoms with Gasteiger partial charge >= 0.3 is 0 Å². The largest absolute Gasteiger partial charge is 0.394 e. The molecular weight excluding hydrogens is 687 g/mol. The minimum absolute atomic E-state index is 0.242. The standard InChI is InChI=1S/C45H77FO8/c1-2-3-4-5-6-7-8-9-12-15-18-21-24-31(48)40(49)29(28-53-44-43(52)42(51)41(50)32(27-47)54-44)26-30(46)23-20-17-14-11-10-13-16-19-22-25-45-37-34-33-35(37)39(45)36(33)38(34)45/h26,29,31-44,47-52H,2-25,27-28H2,1H3/b30-26+/t29-,31+,32?,33?,34?,35?,36?,37?,38?,39?,40-,41?,42?,43?,44?,45?/m0/s1. The van der Waals surface area contributed by atoms with Crippen molar-refractivity contribution in [3.05, 3.63) is 11.9 Å². The Labute approximate surface area is 325 Å². The average molecular weight is 765 g/mol. The van der Waals surface area contributed by atoms with Crippen LogP contribution in [0.15, 0.2) is 11.9 Å². The fraction of sp³-hybridized carbons (Fsp3) is 0.956. The molecule has 6 aliphatic carbocycles. The van der Waals surface area contributed by atoms with Crippen LogP contribution < -0.4 is 0 Å². The lowest BCUT2D eigenvalue weighted by atomic mass is 8.96. The van der Waals surface area contributed by atoms with E-state index >= 15 is 4.39 Å². The van der Waals surface area contributed by atoms with Crippen molar-refractivity contribution in [3.8, 4) is 0 Å². The number of halogens is 1.